The van der Waals surface area contributed by atoms with Gasteiger partial charge in [0.15, 0.2) is 0 Å². The molecule has 0 fully saturated rings. The Labute approximate surface area is 95.8 Å². The molecule has 0 bridgehead atoms. The Morgan fingerprint density at radius 3 is 1.19 bits per heavy atom. The molecule has 1 atom stereocenters. The highest BCUT2D eigenvalue weighted by atomic mass is 16.3. The van der Waals surface area contributed by atoms with Crippen molar-refractivity contribution in [3.05, 3.63) is 0 Å². The van der Waals surface area contributed by atoms with Gasteiger partial charge in [0.25, 0.3) is 0 Å². The van der Waals surface area contributed by atoms with Crippen molar-refractivity contribution in [2.45, 2.75) is 25.9 Å². The maximum atomic E-state index is 8.91. The van der Waals surface area contributed by atoms with Crippen molar-refractivity contribution < 1.29 is 30.6 Å². The molecule has 0 amide bonds. The summed E-state index contributed by atoms with van der Waals surface area (Å²) in [5, 5.41) is 50.9. The molecular formula is C10H24O6. The normalized spacial score (nSPS) is 15.0. The van der Waals surface area contributed by atoms with E-state index in [0.717, 1.165) is 0 Å². The molecule has 0 aromatic heterocycles. The molecular weight excluding hydrogens is 216 g/mol. The van der Waals surface area contributed by atoms with E-state index in [1.165, 1.54) is 6.92 Å². The number of hydrogen-bond donors (Lipinski definition) is 6. The van der Waals surface area contributed by atoms with Crippen LogP contribution in [-0.4, -0.2) is 69.3 Å². The largest absolute Gasteiger partial charge is 0.396 e. The third-order valence-corrected chi connectivity index (χ3v) is 2.14. The minimum atomic E-state index is -1.10. The van der Waals surface area contributed by atoms with E-state index in [4.69, 9.17) is 30.6 Å². The minimum Gasteiger partial charge on any atom is -0.396 e. The maximum Gasteiger partial charge on any atom is 0.0871 e. The van der Waals surface area contributed by atoms with Gasteiger partial charge in [-0.1, -0.05) is 6.92 Å². The van der Waals surface area contributed by atoms with Gasteiger partial charge in [0.2, 0.25) is 0 Å². The Balaban J connectivity index is 0. The SMILES string of the molecule is CC(CO)(CO)CO.CC(O)(CO)CCO. The third kappa shape index (κ3) is 9.02. The van der Waals surface area contributed by atoms with E-state index in [1.54, 1.807) is 6.92 Å². The van der Waals surface area contributed by atoms with E-state index in [0.29, 0.717) is 0 Å². The lowest BCUT2D eigenvalue weighted by molar-refractivity contribution is -0.0162. The molecule has 6 nitrogen and oxygen atoms in total. The summed E-state index contributed by atoms with van der Waals surface area (Å²) < 4.78 is 0. The first-order chi connectivity index (χ1) is 7.30. The molecule has 0 aromatic rings. The van der Waals surface area contributed by atoms with Crippen LogP contribution in [0.5, 0.6) is 0 Å². The molecule has 16 heavy (non-hydrogen) atoms. The number of aliphatic hydroxyl groups is 6. The number of hydrogen-bond acceptors (Lipinski definition) is 6. The van der Waals surface area contributed by atoms with Gasteiger partial charge < -0.3 is 30.6 Å². The fourth-order valence-corrected chi connectivity index (χ4v) is 0.470. The van der Waals surface area contributed by atoms with Crippen LogP contribution >= 0.6 is 0 Å². The molecule has 0 aromatic carbocycles. The average Bonchev–Trinajstić information content (AvgIpc) is 2.29. The monoisotopic (exact) mass is 240 g/mol. The topological polar surface area (TPSA) is 121 Å². The van der Waals surface area contributed by atoms with Gasteiger partial charge in [-0.15, -0.1) is 0 Å². The Morgan fingerprint density at radius 1 is 0.750 bits per heavy atom. The summed E-state index contributed by atoms with van der Waals surface area (Å²) in [5.41, 5.74) is -1.81. The van der Waals surface area contributed by atoms with Crippen LogP contribution in [-0.2, 0) is 0 Å². The standard InChI is InChI=1S/2C5H12O3/c1-5(2-6,3-7)4-8;1-5(8,4-7)2-3-6/h2*6-8H,2-4H2,1H3. The molecule has 6 N–H and O–H groups in total. The third-order valence-electron chi connectivity index (χ3n) is 2.14. The fourth-order valence-electron chi connectivity index (χ4n) is 0.470. The lowest BCUT2D eigenvalue weighted by atomic mass is 9.95. The minimum absolute atomic E-state index is 0.0897. The van der Waals surface area contributed by atoms with Crippen LogP contribution in [0.4, 0.5) is 0 Å². The first kappa shape index (κ1) is 18.1. The summed E-state index contributed by atoms with van der Waals surface area (Å²) in [6, 6.07) is 0. The lowest BCUT2D eigenvalue weighted by Crippen LogP contribution is -2.29. The second-order valence-electron chi connectivity index (χ2n) is 4.41. The van der Waals surface area contributed by atoms with Crippen molar-refractivity contribution in [3.63, 3.8) is 0 Å². The van der Waals surface area contributed by atoms with E-state index < -0.39 is 11.0 Å². The van der Waals surface area contributed by atoms with E-state index >= 15 is 0 Å². The molecule has 0 radical (unpaired) electrons. The summed E-state index contributed by atoms with van der Waals surface area (Å²) >= 11 is 0. The molecule has 0 spiro atoms. The van der Waals surface area contributed by atoms with Crippen LogP contribution in [0.2, 0.25) is 0 Å². The van der Waals surface area contributed by atoms with Crippen molar-refractivity contribution in [1.29, 1.82) is 0 Å². The first-order valence-electron chi connectivity index (χ1n) is 5.07. The molecule has 0 aliphatic carbocycles. The Bertz CT molecular complexity index is 147. The number of aliphatic hydroxyl groups excluding tert-OH is 5. The average molecular weight is 240 g/mol. The van der Waals surface area contributed by atoms with E-state index in [9.17, 15) is 0 Å². The van der Waals surface area contributed by atoms with Crippen LogP contribution < -0.4 is 0 Å². The predicted molar refractivity (Wildman–Crippen MR) is 58.8 cm³/mol. The second-order valence-corrected chi connectivity index (χ2v) is 4.41. The lowest BCUT2D eigenvalue weighted by Gasteiger charge is -2.20. The van der Waals surface area contributed by atoms with Crippen molar-refractivity contribution in [3.8, 4) is 0 Å². The van der Waals surface area contributed by atoms with E-state index in [1.807, 2.05) is 0 Å². The highest BCUT2D eigenvalue weighted by Crippen LogP contribution is 2.11. The summed E-state index contributed by atoms with van der Waals surface area (Å²) in [6.07, 6.45) is 0.226. The van der Waals surface area contributed by atoms with Gasteiger partial charge in [0.1, 0.15) is 0 Å². The molecule has 0 rings (SSSR count). The molecule has 1 unspecified atom stereocenters. The quantitative estimate of drug-likeness (QED) is 0.322. The van der Waals surface area contributed by atoms with Gasteiger partial charge in [-0.3, -0.25) is 0 Å². The molecule has 0 heterocycles. The zero-order valence-electron chi connectivity index (χ0n) is 9.93. The van der Waals surface area contributed by atoms with Crippen LogP contribution in [0, 0.1) is 5.41 Å². The molecule has 0 saturated heterocycles. The Kier molecular flexibility index (Phi) is 10.0. The fraction of sp³-hybridized carbons (Fsp3) is 1.00. The van der Waals surface area contributed by atoms with Crippen LogP contribution in [0.1, 0.15) is 20.3 Å². The van der Waals surface area contributed by atoms with Crippen molar-refractivity contribution in [2.75, 3.05) is 33.0 Å². The van der Waals surface area contributed by atoms with Crippen molar-refractivity contribution in [2.24, 2.45) is 5.41 Å². The molecule has 100 valence electrons. The summed E-state index contributed by atoms with van der Waals surface area (Å²) in [6.45, 7) is 2.15. The Morgan fingerprint density at radius 2 is 1.12 bits per heavy atom. The molecule has 0 aliphatic heterocycles. The zero-order chi connectivity index (χ0) is 13.2. The summed E-state index contributed by atoms with van der Waals surface area (Å²) in [4.78, 5) is 0. The van der Waals surface area contributed by atoms with E-state index in [2.05, 4.69) is 0 Å². The van der Waals surface area contributed by atoms with Crippen LogP contribution in [0.3, 0.4) is 0 Å². The summed E-state index contributed by atoms with van der Waals surface area (Å²) in [7, 11) is 0. The molecule has 0 saturated carbocycles. The van der Waals surface area contributed by atoms with Crippen LogP contribution in [0.15, 0.2) is 0 Å². The van der Waals surface area contributed by atoms with Crippen molar-refractivity contribution in [1.82, 2.24) is 0 Å². The van der Waals surface area contributed by atoms with Gasteiger partial charge in [-0.05, 0) is 6.92 Å². The van der Waals surface area contributed by atoms with Gasteiger partial charge in [0, 0.05) is 18.4 Å². The second kappa shape index (κ2) is 8.86. The zero-order valence-corrected chi connectivity index (χ0v) is 9.93. The van der Waals surface area contributed by atoms with E-state index in [-0.39, 0.29) is 39.5 Å². The summed E-state index contributed by atoms with van der Waals surface area (Å²) in [5.74, 6) is 0. The Hall–Kier alpha value is -0.240. The molecule has 0 aliphatic rings. The van der Waals surface area contributed by atoms with Crippen LogP contribution in [0.25, 0.3) is 0 Å². The smallest absolute Gasteiger partial charge is 0.0871 e. The van der Waals surface area contributed by atoms with Crippen molar-refractivity contribution >= 4 is 0 Å². The van der Waals surface area contributed by atoms with Gasteiger partial charge in [-0.25, -0.2) is 0 Å². The first-order valence-corrected chi connectivity index (χ1v) is 5.07. The van der Waals surface area contributed by atoms with Gasteiger partial charge >= 0.3 is 0 Å². The maximum absolute atomic E-state index is 8.91. The highest BCUT2D eigenvalue weighted by molar-refractivity contribution is 4.69. The van der Waals surface area contributed by atoms with Gasteiger partial charge in [-0.2, -0.15) is 0 Å². The van der Waals surface area contributed by atoms with Gasteiger partial charge in [0.05, 0.1) is 32.0 Å². The predicted octanol–water partition coefficient (Wildman–Crippen LogP) is -1.92. The molecule has 6 heteroatoms. The number of rotatable bonds is 6. The highest BCUT2D eigenvalue weighted by Gasteiger charge is 2.20.